The summed E-state index contributed by atoms with van der Waals surface area (Å²) in [5.41, 5.74) is 3.58. The molecule has 2 heteroatoms. The summed E-state index contributed by atoms with van der Waals surface area (Å²) in [6.45, 7) is 0. The molecule has 0 unspecified atom stereocenters. The molecule has 0 aliphatic carbocycles. The number of hydrogen-bond acceptors (Lipinski definition) is 1. The van der Waals surface area contributed by atoms with Crippen LogP contribution in [0.5, 0.6) is 5.75 Å². The predicted octanol–water partition coefficient (Wildman–Crippen LogP) is 4.95. The van der Waals surface area contributed by atoms with E-state index in [0.717, 1.165) is 18.4 Å². The van der Waals surface area contributed by atoms with Crippen LogP contribution in [0.1, 0.15) is 24.0 Å². The third-order valence-electron chi connectivity index (χ3n) is 2.96. The van der Waals surface area contributed by atoms with E-state index in [9.17, 15) is 5.11 Å². The van der Waals surface area contributed by atoms with Crippen LogP contribution in [0.2, 0.25) is 0 Å². The molecule has 19 heavy (non-hydrogen) atoms. The third-order valence-corrected chi connectivity index (χ3v) is 3.23. The molecule has 0 aliphatic heterocycles. The smallest absolute Gasteiger partial charge is 0.115 e. The molecule has 0 heterocycles. The Morgan fingerprint density at radius 3 is 2.32 bits per heavy atom. The molecule has 1 N–H and O–H groups in total. The minimum atomic E-state index is 0.291. The van der Waals surface area contributed by atoms with Crippen molar-refractivity contribution >= 4 is 23.3 Å². The van der Waals surface area contributed by atoms with Crippen LogP contribution in [0.4, 0.5) is 0 Å². The zero-order valence-electron chi connectivity index (χ0n) is 10.7. The zero-order valence-corrected chi connectivity index (χ0v) is 11.5. The van der Waals surface area contributed by atoms with Crippen LogP contribution in [-0.2, 0) is 0 Å². The van der Waals surface area contributed by atoms with Crippen molar-refractivity contribution in [2.45, 2.75) is 12.8 Å². The van der Waals surface area contributed by atoms with E-state index in [-0.39, 0.29) is 0 Å². The van der Waals surface area contributed by atoms with Crippen LogP contribution in [0.3, 0.4) is 0 Å². The summed E-state index contributed by atoms with van der Waals surface area (Å²) < 4.78 is 0. The first kappa shape index (κ1) is 13.7. The van der Waals surface area contributed by atoms with Crippen LogP contribution < -0.4 is 0 Å². The fourth-order valence-electron chi connectivity index (χ4n) is 1.98. The summed E-state index contributed by atoms with van der Waals surface area (Å²) in [7, 11) is 0. The minimum absolute atomic E-state index is 0.291. The van der Waals surface area contributed by atoms with Crippen molar-refractivity contribution in [1.29, 1.82) is 0 Å². The van der Waals surface area contributed by atoms with Gasteiger partial charge in [-0.15, -0.1) is 11.6 Å². The maximum atomic E-state index is 9.31. The second kappa shape index (κ2) is 7.01. The van der Waals surface area contributed by atoms with Crippen molar-refractivity contribution in [2.24, 2.45) is 0 Å². The largest absolute Gasteiger partial charge is 0.508 e. The maximum absolute atomic E-state index is 9.31. The van der Waals surface area contributed by atoms with Gasteiger partial charge in [0.05, 0.1) is 0 Å². The first-order valence-corrected chi connectivity index (χ1v) is 6.94. The van der Waals surface area contributed by atoms with Crippen molar-refractivity contribution in [3.8, 4) is 5.75 Å². The predicted molar refractivity (Wildman–Crippen MR) is 82.4 cm³/mol. The molecule has 98 valence electrons. The number of alkyl halides is 1. The van der Waals surface area contributed by atoms with Crippen LogP contribution in [-0.4, -0.2) is 11.0 Å². The molecule has 0 saturated carbocycles. The fraction of sp³-hybridized carbons (Fsp3) is 0.176. The van der Waals surface area contributed by atoms with Gasteiger partial charge in [0.25, 0.3) is 0 Å². The molecular weight excluding hydrogens is 256 g/mol. The number of allylic oxidation sites excluding steroid dienone is 1. The molecule has 0 saturated heterocycles. The van der Waals surface area contributed by atoms with Crippen molar-refractivity contribution in [3.05, 3.63) is 65.7 Å². The average Bonchev–Trinajstić information content (AvgIpc) is 2.46. The van der Waals surface area contributed by atoms with Gasteiger partial charge in [-0.3, -0.25) is 0 Å². The first-order chi connectivity index (χ1) is 9.29. The number of phenolic OH excluding ortho intramolecular Hbond substituents is 1. The van der Waals surface area contributed by atoms with Crippen molar-refractivity contribution in [1.82, 2.24) is 0 Å². The van der Waals surface area contributed by atoms with Gasteiger partial charge in [-0.25, -0.2) is 0 Å². The summed E-state index contributed by atoms with van der Waals surface area (Å²) >= 11 is 5.80. The van der Waals surface area contributed by atoms with E-state index in [0.29, 0.717) is 11.6 Å². The number of benzene rings is 2. The zero-order chi connectivity index (χ0) is 13.5. The van der Waals surface area contributed by atoms with Crippen LogP contribution in [0.25, 0.3) is 11.6 Å². The Labute approximate surface area is 119 Å². The molecule has 2 rings (SSSR count). The lowest BCUT2D eigenvalue weighted by atomic mass is 9.99. The summed E-state index contributed by atoms with van der Waals surface area (Å²) in [5, 5.41) is 9.31. The Morgan fingerprint density at radius 1 is 1.00 bits per heavy atom. The molecular formula is C17H17ClO. The van der Waals surface area contributed by atoms with Gasteiger partial charge in [0.2, 0.25) is 0 Å². The Hall–Kier alpha value is -1.73. The van der Waals surface area contributed by atoms with Gasteiger partial charge in [-0.2, -0.15) is 0 Å². The second-order valence-corrected chi connectivity index (χ2v) is 4.80. The van der Waals surface area contributed by atoms with Gasteiger partial charge < -0.3 is 5.11 Å². The molecule has 0 aliphatic rings. The Morgan fingerprint density at radius 2 is 1.68 bits per heavy atom. The van der Waals surface area contributed by atoms with Crippen molar-refractivity contribution in [3.63, 3.8) is 0 Å². The molecule has 0 amide bonds. The Bertz CT molecular complexity index is 529. The minimum Gasteiger partial charge on any atom is -0.508 e. The molecule has 0 fully saturated rings. The van der Waals surface area contributed by atoms with Crippen LogP contribution in [0.15, 0.2) is 54.6 Å². The molecule has 2 aromatic carbocycles. The molecule has 1 nitrogen and oxygen atoms in total. The standard InChI is InChI=1S/C17H17ClO/c18-12-4-7-16(15-5-2-1-3-6-15)13-14-8-10-17(19)11-9-14/h1-3,5-6,8-11,13,19H,4,7,12H2. The highest BCUT2D eigenvalue weighted by molar-refractivity contribution is 6.17. The SMILES string of the molecule is Oc1ccc(C=C(CCCCl)c2ccccc2)cc1. The van der Waals surface area contributed by atoms with E-state index in [1.54, 1.807) is 12.1 Å². The summed E-state index contributed by atoms with van der Waals surface area (Å²) in [4.78, 5) is 0. The Kier molecular flexibility index (Phi) is 5.05. The molecule has 0 atom stereocenters. The molecule has 0 aromatic heterocycles. The lowest BCUT2D eigenvalue weighted by molar-refractivity contribution is 0.475. The average molecular weight is 273 g/mol. The monoisotopic (exact) mass is 272 g/mol. The second-order valence-electron chi connectivity index (χ2n) is 4.42. The normalized spacial score (nSPS) is 11.5. The van der Waals surface area contributed by atoms with Crippen molar-refractivity contribution in [2.75, 3.05) is 5.88 Å². The van der Waals surface area contributed by atoms with E-state index in [1.165, 1.54) is 11.1 Å². The molecule has 0 spiro atoms. The molecule has 0 bridgehead atoms. The lowest BCUT2D eigenvalue weighted by Gasteiger charge is -2.07. The fourth-order valence-corrected chi connectivity index (χ4v) is 2.11. The number of rotatable bonds is 5. The topological polar surface area (TPSA) is 20.2 Å². The number of aromatic hydroxyl groups is 1. The van der Waals surface area contributed by atoms with E-state index in [1.807, 2.05) is 30.3 Å². The highest BCUT2D eigenvalue weighted by atomic mass is 35.5. The van der Waals surface area contributed by atoms with E-state index >= 15 is 0 Å². The van der Waals surface area contributed by atoms with Crippen LogP contribution >= 0.6 is 11.6 Å². The van der Waals surface area contributed by atoms with E-state index < -0.39 is 0 Å². The van der Waals surface area contributed by atoms with Crippen LogP contribution in [0, 0.1) is 0 Å². The van der Waals surface area contributed by atoms with E-state index in [4.69, 9.17) is 11.6 Å². The van der Waals surface area contributed by atoms with Crippen molar-refractivity contribution < 1.29 is 5.11 Å². The summed E-state index contributed by atoms with van der Waals surface area (Å²) in [5.74, 6) is 0.957. The number of hydrogen-bond donors (Lipinski definition) is 1. The highest BCUT2D eigenvalue weighted by Crippen LogP contribution is 2.24. The number of phenols is 1. The first-order valence-electron chi connectivity index (χ1n) is 6.40. The van der Waals surface area contributed by atoms with Gasteiger partial charge in [0, 0.05) is 5.88 Å². The number of halogens is 1. The maximum Gasteiger partial charge on any atom is 0.115 e. The van der Waals surface area contributed by atoms with Gasteiger partial charge in [-0.1, -0.05) is 48.5 Å². The highest BCUT2D eigenvalue weighted by Gasteiger charge is 2.01. The van der Waals surface area contributed by atoms with Gasteiger partial charge >= 0.3 is 0 Å². The quantitative estimate of drug-likeness (QED) is 0.603. The lowest BCUT2D eigenvalue weighted by Crippen LogP contribution is -1.86. The van der Waals surface area contributed by atoms with Gasteiger partial charge in [0.15, 0.2) is 0 Å². The summed E-state index contributed by atoms with van der Waals surface area (Å²) in [6, 6.07) is 17.6. The van der Waals surface area contributed by atoms with Gasteiger partial charge in [0.1, 0.15) is 5.75 Å². The van der Waals surface area contributed by atoms with Gasteiger partial charge in [-0.05, 0) is 41.7 Å². The molecule has 2 aromatic rings. The van der Waals surface area contributed by atoms with E-state index in [2.05, 4.69) is 18.2 Å². The summed E-state index contributed by atoms with van der Waals surface area (Å²) in [6.07, 6.45) is 4.07. The third kappa shape index (κ3) is 4.15. The Balaban J connectivity index is 2.29. The molecule has 0 radical (unpaired) electrons.